The van der Waals surface area contributed by atoms with Gasteiger partial charge in [-0.05, 0) is 38.5 Å². The summed E-state index contributed by atoms with van der Waals surface area (Å²) in [4.78, 5) is 23.5. The number of hydrogen-bond donors (Lipinski definition) is 2. The van der Waals surface area contributed by atoms with Gasteiger partial charge in [-0.25, -0.2) is 0 Å². The SMILES string of the molecule is CC(NC(=O)CC1(C(=O)O)CCCCC1)C1CC1. The van der Waals surface area contributed by atoms with Crippen molar-refractivity contribution in [3.63, 3.8) is 0 Å². The average molecular weight is 253 g/mol. The first kappa shape index (κ1) is 13.4. The molecule has 0 aromatic rings. The van der Waals surface area contributed by atoms with Crippen LogP contribution in [-0.4, -0.2) is 23.0 Å². The summed E-state index contributed by atoms with van der Waals surface area (Å²) in [6.45, 7) is 2.02. The largest absolute Gasteiger partial charge is 0.481 e. The molecule has 0 aromatic heterocycles. The van der Waals surface area contributed by atoms with Gasteiger partial charge in [0.25, 0.3) is 0 Å². The minimum absolute atomic E-state index is 0.0845. The summed E-state index contributed by atoms with van der Waals surface area (Å²) in [6, 6.07) is 0.201. The Morgan fingerprint density at radius 1 is 1.28 bits per heavy atom. The van der Waals surface area contributed by atoms with E-state index in [0.29, 0.717) is 18.8 Å². The van der Waals surface area contributed by atoms with Gasteiger partial charge in [-0.2, -0.15) is 0 Å². The Morgan fingerprint density at radius 2 is 1.89 bits per heavy atom. The molecule has 0 aliphatic heterocycles. The fourth-order valence-electron chi connectivity index (χ4n) is 3.02. The van der Waals surface area contributed by atoms with E-state index in [1.807, 2.05) is 6.92 Å². The molecule has 2 aliphatic rings. The summed E-state index contributed by atoms with van der Waals surface area (Å²) >= 11 is 0. The van der Waals surface area contributed by atoms with E-state index in [4.69, 9.17) is 0 Å². The third-order valence-electron chi connectivity index (χ3n) is 4.48. The number of carbonyl (C=O) groups is 2. The van der Waals surface area contributed by atoms with E-state index in [1.165, 1.54) is 12.8 Å². The second-order valence-corrected chi connectivity index (χ2v) is 6.02. The Kier molecular flexibility index (Phi) is 3.93. The van der Waals surface area contributed by atoms with E-state index in [1.54, 1.807) is 0 Å². The van der Waals surface area contributed by atoms with Crippen molar-refractivity contribution in [1.82, 2.24) is 5.32 Å². The minimum atomic E-state index is -0.800. The molecule has 4 heteroatoms. The number of carboxylic acid groups (broad SMARTS) is 1. The van der Waals surface area contributed by atoms with Gasteiger partial charge >= 0.3 is 5.97 Å². The summed E-state index contributed by atoms with van der Waals surface area (Å²) in [5, 5.41) is 12.4. The first-order valence-electron chi connectivity index (χ1n) is 7.06. The van der Waals surface area contributed by atoms with Gasteiger partial charge in [0.15, 0.2) is 0 Å². The molecule has 1 amide bonds. The standard InChI is InChI=1S/C14H23NO3/c1-10(11-5-6-11)15-12(16)9-14(13(17)18)7-3-2-4-8-14/h10-11H,2-9H2,1H3,(H,15,16)(H,17,18). The van der Waals surface area contributed by atoms with Crippen LogP contribution in [0.4, 0.5) is 0 Å². The Bertz CT molecular complexity index is 330. The van der Waals surface area contributed by atoms with Crippen LogP contribution in [-0.2, 0) is 9.59 Å². The molecule has 0 bridgehead atoms. The molecule has 102 valence electrons. The average Bonchev–Trinajstić information content (AvgIpc) is 3.13. The summed E-state index contributed by atoms with van der Waals surface area (Å²) in [6.07, 6.45) is 6.77. The van der Waals surface area contributed by atoms with Gasteiger partial charge in [0.1, 0.15) is 0 Å². The molecule has 0 heterocycles. The molecule has 1 unspecified atom stereocenters. The van der Waals surface area contributed by atoms with Crippen LogP contribution in [0.25, 0.3) is 0 Å². The molecule has 2 N–H and O–H groups in total. The molecule has 2 rings (SSSR count). The fourth-order valence-corrected chi connectivity index (χ4v) is 3.02. The first-order valence-corrected chi connectivity index (χ1v) is 7.06. The highest BCUT2D eigenvalue weighted by molar-refractivity contribution is 5.85. The highest BCUT2D eigenvalue weighted by Crippen LogP contribution is 2.40. The smallest absolute Gasteiger partial charge is 0.310 e. The van der Waals surface area contributed by atoms with E-state index < -0.39 is 11.4 Å². The normalized spacial score (nSPS) is 24.3. The van der Waals surface area contributed by atoms with Crippen LogP contribution >= 0.6 is 0 Å². The summed E-state index contributed by atoms with van der Waals surface area (Å²) in [5.41, 5.74) is -0.800. The van der Waals surface area contributed by atoms with E-state index in [-0.39, 0.29) is 18.4 Å². The molecule has 4 nitrogen and oxygen atoms in total. The van der Waals surface area contributed by atoms with Crippen molar-refractivity contribution in [2.45, 2.75) is 64.3 Å². The lowest BCUT2D eigenvalue weighted by Crippen LogP contribution is -2.42. The molecule has 2 fully saturated rings. The number of carboxylic acids is 1. The third kappa shape index (κ3) is 3.03. The zero-order chi connectivity index (χ0) is 13.2. The summed E-state index contributed by atoms with van der Waals surface area (Å²) in [5.74, 6) is -0.267. The maximum absolute atomic E-state index is 12.0. The van der Waals surface area contributed by atoms with E-state index in [2.05, 4.69) is 5.32 Å². The first-order chi connectivity index (χ1) is 8.53. The Morgan fingerprint density at radius 3 is 2.39 bits per heavy atom. The van der Waals surface area contributed by atoms with Gasteiger partial charge in [-0.1, -0.05) is 19.3 Å². The number of nitrogens with one attached hydrogen (secondary N) is 1. The molecular weight excluding hydrogens is 230 g/mol. The molecule has 0 radical (unpaired) electrons. The lowest BCUT2D eigenvalue weighted by molar-refractivity contribution is -0.154. The van der Waals surface area contributed by atoms with Crippen LogP contribution in [0.5, 0.6) is 0 Å². The van der Waals surface area contributed by atoms with Gasteiger partial charge in [-0.3, -0.25) is 9.59 Å². The second-order valence-electron chi connectivity index (χ2n) is 6.02. The Labute approximate surface area is 108 Å². The zero-order valence-corrected chi connectivity index (χ0v) is 11.1. The van der Waals surface area contributed by atoms with Crippen molar-refractivity contribution in [2.24, 2.45) is 11.3 Å². The van der Waals surface area contributed by atoms with Crippen molar-refractivity contribution < 1.29 is 14.7 Å². The lowest BCUT2D eigenvalue weighted by atomic mass is 9.71. The van der Waals surface area contributed by atoms with Crippen molar-refractivity contribution in [1.29, 1.82) is 0 Å². The summed E-state index contributed by atoms with van der Waals surface area (Å²) in [7, 11) is 0. The van der Waals surface area contributed by atoms with Gasteiger partial charge in [0.2, 0.25) is 5.91 Å². The Balaban J connectivity index is 1.91. The number of aliphatic carboxylic acids is 1. The van der Waals surface area contributed by atoms with Gasteiger partial charge in [0, 0.05) is 12.5 Å². The Hall–Kier alpha value is -1.06. The van der Waals surface area contributed by atoms with E-state index in [9.17, 15) is 14.7 Å². The second kappa shape index (κ2) is 5.29. The number of rotatable bonds is 5. The molecule has 1 atom stereocenters. The number of hydrogen-bond acceptors (Lipinski definition) is 2. The van der Waals surface area contributed by atoms with Crippen LogP contribution in [0, 0.1) is 11.3 Å². The zero-order valence-electron chi connectivity index (χ0n) is 11.1. The quantitative estimate of drug-likeness (QED) is 0.790. The molecule has 2 aliphatic carbocycles. The van der Waals surface area contributed by atoms with Gasteiger partial charge < -0.3 is 10.4 Å². The van der Waals surface area contributed by atoms with Crippen molar-refractivity contribution in [2.75, 3.05) is 0 Å². The van der Waals surface area contributed by atoms with Crippen molar-refractivity contribution >= 4 is 11.9 Å². The van der Waals surface area contributed by atoms with E-state index >= 15 is 0 Å². The van der Waals surface area contributed by atoms with Gasteiger partial charge in [-0.15, -0.1) is 0 Å². The molecule has 0 saturated heterocycles. The maximum Gasteiger partial charge on any atom is 0.310 e. The topological polar surface area (TPSA) is 66.4 Å². The summed E-state index contributed by atoms with van der Waals surface area (Å²) < 4.78 is 0. The minimum Gasteiger partial charge on any atom is -0.481 e. The van der Waals surface area contributed by atoms with Gasteiger partial charge in [0.05, 0.1) is 5.41 Å². The monoisotopic (exact) mass is 253 g/mol. The number of carbonyl (C=O) groups excluding carboxylic acids is 1. The maximum atomic E-state index is 12.0. The van der Waals surface area contributed by atoms with Crippen LogP contribution < -0.4 is 5.32 Å². The molecular formula is C14H23NO3. The molecule has 18 heavy (non-hydrogen) atoms. The van der Waals surface area contributed by atoms with E-state index in [0.717, 1.165) is 19.3 Å². The fraction of sp³-hybridized carbons (Fsp3) is 0.857. The van der Waals surface area contributed by atoms with Crippen LogP contribution in [0.3, 0.4) is 0 Å². The van der Waals surface area contributed by atoms with Crippen LogP contribution in [0.15, 0.2) is 0 Å². The molecule has 0 aromatic carbocycles. The predicted molar refractivity (Wildman–Crippen MR) is 68.1 cm³/mol. The highest BCUT2D eigenvalue weighted by Gasteiger charge is 2.42. The van der Waals surface area contributed by atoms with Crippen molar-refractivity contribution in [3.8, 4) is 0 Å². The molecule has 2 saturated carbocycles. The third-order valence-corrected chi connectivity index (χ3v) is 4.48. The van der Waals surface area contributed by atoms with Crippen LogP contribution in [0.2, 0.25) is 0 Å². The predicted octanol–water partition coefficient (Wildman–Crippen LogP) is 2.33. The molecule has 0 spiro atoms. The highest BCUT2D eigenvalue weighted by atomic mass is 16.4. The number of amides is 1. The lowest BCUT2D eigenvalue weighted by Gasteiger charge is -2.32. The van der Waals surface area contributed by atoms with Crippen molar-refractivity contribution in [3.05, 3.63) is 0 Å². The van der Waals surface area contributed by atoms with Crippen LogP contribution in [0.1, 0.15) is 58.3 Å².